The van der Waals surface area contributed by atoms with E-state index in [0.717, 1.165) is 5.69 Å². The Morgan fingerprint density at radius 1 is 1.48 bits per heavy atom. The lowest BCUT2D eigenvalue weighted by Crippen LogP contribution is -2.31. The third kappa shape index (κ3) is 3.11. The highest BCUT2D eigenvalue weighted by Gasteiger charge is 2.26. The summed E-state index contributed by atoms with van der Waals surface area (Å²) < 4.78 is 10.2. The number of hydrogen-bond acceptors (Lipinski definition) is 5. The molecule has 0 unspecified atom stereocenters. The van der Waals surface area contributed by atoms with E-state index in [0.29, 0.717) is 23.6 Å². The highest BCUT2D eigenvalue weighted by Crippen LogP contribution is 2.21. The van der Waals surface area contributed by atoms with E-state index < -0.39 is 0 Å². The average molecular weight is 289 g/mol. The van der Waals surface area contributed by atoms with Crippen LogP contribution >= 0.6 is 0 Å². The maximum absolute atomic E-state index is 12.6. The van der Waals surface area contributed by atoms with E-state index in [-0.39, 0.29) is 11.9 Å². The molecule has 2 rings (SSSR count). The standard InChI is InChI=1S/C15H19N3O3/c1-10(13-7-5-6-8-16-13)18(3)15(19)14-12(9-20-4)11(2)21-17-14/h5-8,10H,9H2,1-4H3/t10-/m1/s1. The third-order valence-electron chi connectivity index (χ3n) is 3.49. The minimum absolute atomic E-state index is 0.161. The summed E-state index contributed by atoms with van der Waals surface area (Å²) in [5.41, 5.74) is 1.80. The summed E-state index contributed by atoms with van der Waals surface area (Å²) in [7, 11) is 3.29. The van der Waals surface area contributed by atoms with Gasteiger partial charge in [-0.25, -0.2) is 0 Å². The van der Waals surface area contributed by atoms with E-state index in [1.54, 1.807) is 32.2 Å². The molecule has 0 N–H and O–H groups in total. The maximum Gasteiger partial charge on any atom is 0.276 e. The molecule has 21 heavy (non-hydrogen) atoms. The normalized spacial score (nSPS) is 12.2. The van der Waals surface area contributed by atoms with Gasteiger partial charge >= 0.3 is 0 Å². The summed E-state index contributed by atoms with van der Waals surface area (Å²) in [6.07, 6.45) is 1.71. The number of rotatable bonds is 5. The molecule has 0 radical (unpaired) electrons. The lowest BCUT2D eigenvalue weighted by Gasteiger charge is -2.23. The van der Waals surface area contributed by atoms with Crippen molar-refractivity contribution in [3.63, 3.8) is 0 Å². The Hall–Kier alpha value is -2.21. The van der Waals surface area contributed by atoms with Gasteiger partial charge in [0, 0.05) is 20.4 Å². The molecule has 0 saturated heterocycles. The van der Waals surface area contributed by atoms with Gasteiger partial charge in [0.2, 0.25) is 0 Å². The molecule has 0 aromatic carbocycles. The Morgan fingerprint density at radius 3 is 2.86 bits per heavy atom. The number of ether oxygens (including phenoxy) is 1. The van der Waals surface area contributed by atoms with Gasteiger partial charge in [0.1, 0.15) is 5.76 Å². The number of carbonyl (C=O) groups is 1. The van der Waals surface area contributed by atoms with Crippen LogP contribution in [0.5, 0.6) is 0 Å². The summed E-state index contributed by atoms with van der Waals surface area (Å²) in [6, 6.07) is 5.47. The number of aromatic nitrogens is 2. The van der Waals surface area contributed by atoms with E-state index in [1.807, 2.05) is 25.1 Å². The van der Waals surface area contributed by atoms with Crippen molar-refractivity contribution < 1.29 is 14.1 Å². The van der Waals surface area contributed by atoms with Crippen LogP contribution in [0.3, 0.4) is 0 Å². The largest absolute Gasteiger partial charge is 0.380 e. The smallest absolute Gasteiger partial charge is 0.276 e. The minimum atomic E-state index is -0.211. The fourth-order valence-corrected chi connectivity index (χ4v) is 2.04. The molecule has 0 aliphatic carbocycles. The number of nitrogens with zero attached hydrogens (tertiary/aromatic N) is 3. The van der Waals surface area contributed by atoms with Crippen LogP contribution < -0.4 is 0 Å². The molecule has 1 atom stereocenters. The van der Waals surface area contributed by atoms with Gasteiger partial charge in [-0.1, -0.05) is 11.2 Å². The molecular weight excluding hydrogens is 270 g/mol. The molecule has 0 aliphatic heterocycles. The minimum Gasteiger partial charge on any atom is -0.380 e. The van der Waals surface area contributed by atoms with Crippen molar-refractivity contribution in [1.29, 1.82) is 0 Å². The van der Waals surface area contributed by atoms with Gasteiger partial charge in [0.15, 0.2) is 5.69 Å². The van der Waals surface area contributed by atoms with E-state index in [4.69, 9.17) is 9.26 Å². The summed E-state index contributed by atoms with van der Waals surface area (Å²) in [5, 5.41) is 3.86. The Labute approximate surface area is 123 Å². The summed E-state index contributed by atoms with van der Waals surface area (Å²) in [5.74, 6) is 0.385. The maximum atomic E-state index is 12.6. The molecule has 0 fully saturated rings. The van der Waals surface area contributed by atoms with Gasteiger partial charge in [-0.3, -0.25) is 9.78 Å². The zero-order chi connectivity index (χ0) is 15.4. The third-order valence-corrected chi connectivity index (χ3v) is 3.49. The van der Waals surface area contributed by atoms with E-state index in [9.17, 15) is 4.79 Å². The first-order valence-corrected chi connectivity index (χ1v) is 6.68. The molecule has 6 nitrogen and oxygen atoms in total. The zero-order valence-corrected chi connectivity index (χ0v) is 12.7. The lowest BCUT2D eigenvalue weighted by atomic mass is 10.1. The van der Waals surface area contributed by atoms with Crippen LogP contribution in [-0.4, -0.2) is 35.1 Å². The Kier molecular flexibility index (Phi) is 4.70. The van der Waals surface area contributed by atoms with Crippen LogP contribution in [0.25, 0.3) is 0 Å². The van der Waals surface area contributed by atoms with Crippen molar-refractivity contribution in [2.45, 2.75) is 26.5 Å². The molecule has 1 amide bonds. The average Bonchev–Trinajstić information content (AvgIpc) is 2.87. The Bertz CT molecular complexity index is 610. The van der Waals surface area contributed by atoms with E-state index in [1.165, 1.54) is 0 Å². The van der Waals surface area contributed by atoms with Crippen LogP contribution in [0.15, 0.2) is 28.9 Å². The number of carbonyl (C=O) groups excluding carboxylic acids is 1. The molecule has 2 aromatic rings. The van der Waals surface area contributed by atoms with Gasteiger partial charge in [-0.15, -0.1) is 0 Å². The lowest BCUT2D eigenvalue weighted by molar-refractivity contribution is 0.0725. The van der Waals surface area contributed by atoms with Gasteiger partial charge < -0.3 is 14.2 Å². The van der Waals surface area contributed by atoms with Crippen LogP contribution in [0, 0.1) is 6.92 Å². The summed E-state index contributed by atoms with van der Waals surface area (Å²) in [4.78, 5) is 18.5. The summed E-state index contributed by atoms with van der Waals surface area (Å²) >= 11 is 0. The quantitative estimate of drug-likeness (QED) is 0.845. The first-order chi connectivity index (χ1) is 10.1. The number of pyridine rings is 1. The van der Waals surface area contributed by atoms with Crippen LogP contribution in [-0.2, 0) is 11.3 Å². The highest BCUT2D eigenvalue weighted by molar-refractivity contribution is 5.93. The van der Waals surface area contributed by atoms with Crippen LogP contribution in [0.4, 0.5) is 0 Å². The zero-order valence-electron chi connectivity index (χ0n) is 12.7. The van der Waals surface area contributed by atoms with E-state index in [2.05, 4.69) is 10.1 Å². The van der Waals surface area contributed by atoms with Crippen LogP contribution in [0.2, 0.25) is 0 Å². The van der Waals surface area contributed by atoms with Crippen molar-refractivity contribution >= 4 is 5.91 Å². The molecule has 2 heterocycles. The predicted octanol–water partition coefficient (Wildman–Crippen LogP) is 2.36. The Balaban J connectivity index is 2.23. The molecular formula is C15H19N3O3. The molecule has 6 heteroatoms. The monoisotopic (exact) mass is 289 g/mol. The molecule has 0 bridgehead atoms. The predicted molar refractivity (Wildman–Crippen MR) is 76.7 cm³/mol. The first-order valence-electron chi connectivity index (χ1n) is 6.68. The van der Waals surface area contributed by atoms with Crippen molar-refractivity contribution in [1.82, 2.24) is 15.0 Å². The number of amides is 1. The summed E-state index contributed by atoms with van der Waals surface area (Å²) in [6.45, 7) is 3.98. The SMILES string of the molecule is COCc1c(C(=O)N(C)[C@H](C)c2ccccn2)noc1C. The van der Waals surface area contributed by atoms with Crippen LogP contribution in [0.1, 0.15) is 40.5 Å². The van der Waals surface area contributed by atoms with Crippen molar-refractivity contribution in [3.05, 3.63) is 47.1 Å². The molecule has 0 saturated carbocycles. The first kappa shape index (κ1) is 15.2. The van der Waals surface area contributed by atoms with Crippen molar-refractivity contribution in [2.75, 3.05) is 14.2 Å². The van der Waals surface area contributed by atoms with Crippen molar-refractivity contribution in [3.8, 4) is 0 Å². The fraction of sp³-hybridized carbons (Fsp3) is 0.400. The topological polar surface area (TPSA) is 68.5 Å². The number of aryl methyl sites for hydroxylation is 1. The van der Waals surface area contributed by atoms with Gasteiger partial charge in [-0.05, 0) is 26.0 Å². The molecule has 2 aromatic heterocycles. The molecule has 0 aliphatic rings. The van der Waals surface area contributed by atoms with E-state index >= 15 is 0 Å². The fourth-order valence-electron chi connectivity index (χ4n) is 2.04. The number of hydrogen-bond donors (Lipinski definition) is 0. The van der Waals surface area contributed by atoms with Gasteiger partial charge in [0.05, 0.1) is 23.9 Å². The Morgan fingerprint density at radius 2 is 2.24 bits per heavy atom. The second-order valence-corrected chi connectivity index (χ2v) is 4.85. The second kappa shape index (κ2) is 6.49. The highest BCUT2D eigenvalue weighted by atomic mass is 16.5. The molecule has 0 spiro atoms. The van der Waals surface area contributed by atoms with Gasteiger partial charge in [-0.2, -0.15) is 0 Å². The second-order valence-electron chi connectivity index (χ2n) is 4.85. The molecule has 112 valence electrons. The number of methoxy groups -OCH3 is 1. The van der Waals surface area contributed by atoms with Crippen molar-refractivity contribution in [2.24, 2.45) is 0 Å². The van der Waals surface area contributed by atoms with Gasteiger partial charge in [0.25, 0.3) is 5.91 Å².